The van der Waals surface area contributed by atoms with E-state index in [4.69, 9.17) is 4.74 Å². The highest BCUT2D eigenvalue weighted by molar-refractivity contribution is 7.89. The van der Waals surface area contributed by atoms with Gasteiger partial charge in [0, 0.05) is 18.8 Å². The molecule has 0 aliphatic carbocycles. The summed E-state index contributed by atoms with van der Waals surface area (Å²) in [6.07, 6.45) is 0.897. The summed E-state index contributed by atoms with van der Waals surface area (Å²) >= 11 is 0. The summed E-state index contributed by atoms with van der Waals surface area (Å²) in [6.45, 7) is 8.62. The smallest absolute Gasteiger partial charge is 0.338 e. The fraction of sp³-hybridized carbons (Fsp3) is 0.440. The maximum atomic E-state index is 13.0. The Kier molecular flexibility index (Phi) is 7.92. The number of piperidine rings is 1. The van der Waals surface area contributed by atoms with Crippen LogP contribution in [-0.4, -0.2) is 43.8 Å². The Morgan fingerprint density at radius 3 is 2.15 bits per heavy atom. The van der Waals surface area contributed by atoms with Gasteiger partial charge in [-0.2, -0.15) is 4.31 Å². The zero-order chi connectivity index (χ0) is 24.2. The van der Waals surface area contributed by atoms with Crippen LogP contribution in [-0.2, 0) is 26.0 Å². The second kappa shape index (κ2) is 10.5. The van der Waals surface area contributed by atoms with Crippen LogP contribution in [0.1, 0.15) is 50.0 Å². The number of nitrogens with zero attached hydrogens (tertiary/aromatic N) is 1. The van der Waals surface area contributed by atoms with Crippen LogP contribution < -0.4 is 5.32 Å². The van der Waals surface area contributed by atoms with Crippen molar-refractivity contribution in [3.63, 3.8) is 0 Å². The number of amides is 1. The van der Waals surface area contributed by atoms with Gasteiger partial charge in [0.25, 0.3) is 5.91 Å². The van der Waals surface area contributed by atoms with Crippen LogP contribution in [0.2, 0.25) is 0 Å². The number of aryl methyl sites for hydroxylation is 1. The Morgan fingerprint density at radius 2 is 1.61 bits per heavy atom. The highest BCUT2D eigenvalue weighted by atomic mass is 32.2. The quantitative estimate of drug-likeness (QED) is 0.613. The summed E-state index contributed by atoms with van der Waals surface area (Å²) in [7, 11) is -3.63. The van der Waals surface area contributed by atoms with Gasteiger partial charge in [-0.05, 0) is 73.6 Å². The molecule has 1 fully saturated rings. The number of ether oxygens (including phenoxy) is 1. The summed E-state index contributed by atoms with van der Waals surface area (Å²) < 4.78 is 32.8. The van der Waals surface area contributed by atoms with E-state index in [-0.39, 0.29) is 10.5 Å². The molecular weight excluding hydrogens is 440 g/mol. The molecule has 178 valence electrons. The molecule has 1 amide bonds. The maximum Gasteiger partial charge on any atom is 0.338 e. The number of nitrogens with one attached hydrogen (secondary N) is 1. The van der Waals surface area contributed by atoms with Gasteiger partial charge in [0.15, 0.2) is 6.10 Å². The zero-order valence-electron chi connectivity index (χ0n) is 19.6. The average molecular weight is 473 g/mol. The first-order chi connectivity index (χ1) is 15.6. The van der Waals surface area contributed by atoms with Gasteiger partial charge in [-0.3, -0.25) is 4.79 Å². The topological polar surface area (TPSA) is 92.8 Å². The third-order valence-electron chi connectivity index (χ3n) is 5.85. The second-order valence-electron chi connectivity index (χ2n) is 8.88. The molecule has 2 aromatic rings. The number of rotatable bonds is 7. The molecule has 0 bridgehead atoms. The van der Waals surface area contributed by atoms with Crippen molar-refractivity contribution in [2.75, 3.05) is 18.4 Å². The first-order valence-corrected chi connectivity index (χ1v) is 12.7. The lowest BCUT2D eigenvalue weighted by Gasteiger charge is -2.34. The Morgan fingerprint density at radius 1 is 1.03 bits per heavy atom. The molecule has 8 heteroatoms. The minimum Gasteiger partial charge on any atom is -0.449 e. The van der Waals surface area contributed by atoms with E-state index in [0.29, 0.717) is 30.6 Å². The Hall–Kier alpha value is -2.71. The van der Waals surface area contributed by atoms with Crippen molar-refractivity contribution < 1.29 is 22.7 Å². The van der Waals surface area contributed by atoms with Crippen molar-refractivity contribution >= 4 is 27.6 Å². The third-order valence-corrected chi connectivity index (χ3v) is 7.69. The van der Waals surface area contributed by atoms with Crippen LogP contribution in [0, 0.1) is 11.8 Å². The lowest BCUT2D eigenvalue weighted by atomic mass is 9.94. The monoisotopic (exact) mass is 472 g/mol. The number of hydrogen-bond acceptors (Lipinski definition) is 5. The number of hydrogen-bond donors (Lipinski definition) is 1. The van der Waals surface area contributed by atoms with E-state index in [9.17, 15) is 18.0 Å². The van der Waals surface area contributed by atoms with Gasteiger partial charge in [0.2, 0.25) is 10.0 Å². The van der Waals surface area contributed by atoms with Crippen molar-refractivity contribution in [3.8, 4) is 0 Å². The summed E-state index contributed by atoms with van der Waals surface area (Å²) in [5.41, 5.74) is 1.96. The molecule has 0 saturated carbocycles. The Balaban J connectivity index is 1.61. The van der Waals surface area contributed by atoms with E-state index in [1.165, 1.54) is 35.5 Å². The number of carbonyl (C=O) groups excluding carboxylic acids is 2. The van der Waals surface area contributed by atoms with E-state index < -0.39 is 28.0 Å². The number of anilines is 1. The molecule has 7 nitrogen and oxygen atoms in total. The molecule has 3 rings (SSSR count). The van der Waals surface area contributed by atoms with E-state index in [1.54, 1.807) is 12.1 Å². The van der Waals surface area contributed by atoms with Crippen LogP contribution in [0.15, 0.2) is 53.4 Å². The van der Waals surface area contributed by atoms with Crippen molar-refractivity contribution in [1.29, 1.82) is 0 Å². The van der Waals surface area contributed by atoms with Gasteiger partial charge in [-0.15, -0.1) is 0 Å². The molecular formula is C25H32N2O5S. The van der Waals surface area contributed by atoms with E-state index in [0.717, 1.165) is 18.4 Å². The fourth-order valence-electron chi connectivity index (χ4n) is 4.06. The molecule has 0 aromatic heterocycles. The molecule has 2 aromatic carbocycles. The zero-order valence-corrected chi connectivity index (χ0v) is 20.4. The summed E-state index contributed by atoms with van der Waals surface area (Å²) in [6, 6.07) is 13.1. The first-order valence-electron chi connectivity index (χ1n) is 11.3. The maximum absolute atomic E-state index is 13.0. The summed E-state index contributed by atoms with van der Waals surface area (Å²) in [4.78, 5) is 25.0. The molecule has 3 atom stereocenters. The van der Waals surface area contributed by atoms with E-state index >= 15 is 0 Å². The molecule has 1 aliphatic rings. The summed E-state index contributed by atoms with van der Waals surface area (Å²) in [5.74, 6) is -0.534. The van der Waals surface area contributed by atoms with Crippen LogP contribution in [0.4, 0.5) is 5.69 Å². The van der Waals surface area contributed by atoms with E-state index in [1.807, 2.05) is 19.1 Å². The van der Waals surface area contributed by atoms with E-state index in [2.05, 4.69) is 19.2 Å². The predicted molar refractivity (Wildman–Crippen MR) is 127 cm³/mol. The molecule has 1 N–H and O–H groups in total. The van der Waals surface area contributed by atoms with Crippen LogP contribution in [0.25, 0.3) is 0 Å². The Labute approximate surface area is 196 Å². The summed E-state index contributed by atoms with van der Waals surface area (Å²) in [5, 5.41) is 2.72. The molecule has 0 radical (unpaired) electrons. The van der Waals surface area contributed by atoms with Crippen molar-refractivity contribution in [1.82, 2.24) is 4.31 Å². The van der Waals surface area contributed by atoms with Gasteiger partial charge in [0.05, 0.1) is 10.5 Å². The molecule has 0 unspecified atom stereocenters. The lowest BCUT2D eigenvalue weighted by Crippen LogP contribution is -2.42. The molecule has 33 heavy (non-hydrogen) atoms. The molecule has 1 saturated heterocycles. The van der Waals surface area contributed by atoms with Gasteiger partial charge in [-0.1, -0.05) is 32.9 Å². The van der Waals surface area contributed by atoms with Crippen LogP contribution in [0.5, 0.6) is 0 Å². The van der Waals surface area contributed by atoms with Gasteiger partial charge in [0.1, 0.15) is 0 Å². The number of esters is 1. The van der Waals surface area contributed by atoms with Gasteiger partial charge >= 0.3 is 5.97 Å². The first kappa shape index (κ1) is 24.9. The van der Waals surface area contributed by atoms with Crippen molar-refractivity contribution in [2.45, 2.75) is 51.5 Å². The SMILES string of the molecule is CCc1ccc(NC(=O)[C@@H](C)OC(=O)c2ccc(S(=O)(=O)N3C[C@H](C)C[C@H](C)C3)cc2)cc1. The fourth-order valence-corrected chi connectivity index (χ4v) is 5.74. The minimum absolute atomic E-state index is 0.140. The minimum atomic E-state index is -3.63. The van der Waals surface area contributed by atoms with Crippen LogP contribution in [0.3, 0.4) is 0 Å². The van der Waals surface area contributed by atoms with Gasteiger partial charge in [-0.25, -0.2) is 13.2 Å². The Bertz CT molecular complexity index is 1070. The number of sulfonamides is 1. The van der Waals surface area contributed by atoms with Gasteiger partial charge < -0.3 is 10.1 Å². The highest BCUT2D eigenvalue weighted by Crippen LogP contribution is 2.27. The molecule has 1 heterocycles. The van der Waals surface area contributed by atoms with Crippen molar-refractivity contribution in [3.05, 3.63) is 59.7 Å². The predicted octanol–water partition coefficient (Wildman–Crippen LogP) is 4.10. The molecule has 1 aliphatic heterocycles. The number of benzene rings is 2. The average Bonchev–Trinajstić information content (AvgIpc) is 2.79. The lowest BCUT2D eigenvalue weighted by molar-refractivity contribution is -0.123. The van der Waals surface area contributed by atoms with Crippen LogP contribution >= 0.6 is 0 Å². The third kappa shape index (κ3) is 6.21. The largest absolute Gasteiger partial charge is 0.449 e. The number of carbonyl (C=O) groups is 2. The highest BCUT2D eigenvalue weighted by Gasteiger charge is 2.31. The molecule has 0 spiro atoms. The normalized spacial score (nSPS) is 20.1. The van der Waals surface area contributed by atoms with Crippen molar-refractivity contribution in [2.24, 2.45) is 11.8 Å². The second-order valence-corrected chi connectivity index (χ2v) is 10.8. The standard InChI is InChI=1S/C25H32N2O5S/c1-5-20-6-10-22(11-7-20)26-24(28)19(4)32-25(29)21-8-12-23(13-9-21)33(30,31)27-15-17(2)14-18(3)16-27/h6-13,17-19H,5,14-16H2,1-4H3,(H,26,28)/t17-,18+,19-/m1/s1.